The summed E-state index contributed by atoms with van der Waals surface area (Å²) in [6.07, 6.45) is 2.43. The van der Waals surface area contributed by atoms with Gasteiger partial charge < -0.3 is 11.1 Å². The topological polar surface area (TPSA) is 144 Å². The van der Waals surface area contributed by atoms with E-state index in [9.17, 15) is 23.3 Å². The summed E-state index contributed by atoms with van der Waals surface area (Å²) in [4.78, 5) is 21.4. The fraction of sp³-hybridized carbons (Fsp3) is 0.462. The Morgan fingerprint density at radius 3 is 2.60 bits per heavy atom. The van der Waals surface area contributed by atoms with E-state index in [1.54, 1.807) is 11.8 Å². The Labute approximate surface area is 156 Å². The van der Waals surface area contributed by atoms with Gasteiger partial charge in [-0.1, -0.05) is 12.1 Å². The van der Waals surface area contributed by atoms with E-state index in [1.165, 1.54) is 12.1 Å². The third-order valence-electron chi connectivity index (χ3n) is 3.04. The molecular weight excluding hydrogens is 392 g/mol. The number of nitrogens with zero attached hydrogens (tertiary/aromatic N) is 1. The van der Waals surface area contributed by atoms with E-state index in [4.69, 9.17) is 5.73 Å². The lowest BCUT2D eigenvalue weighted by Gasteiger charge is -2.12. The number of halogens is 1. The lowest BCUT2D eigenvalue weighted by atomic mass is 10.2. The number of nitro groups is 1. The van der Waals surface area contributed by atoms with Gasteiger partial charge in [-0.3, -0.25) is 14.9 Å². The number of para-hydroxylation sites is 1. The zero-order valence-corrected chi connectivity index (χ0v) is 16.0. The first kappa shape index (κ1) is 23.6. The van der Waals surface area contributed by atoms with Gasteiger partial charge in [0.2, 0.25) is 15.9 Å². The van der Waals surface area contributed by atoms with Gasteiger partial charge in [0, 0.05) is 19.2 Å². The molecule has 0 aliphatic carbocycles. The maximum absolute atomic E-state index is 12.1. The van der Waals surface area contributed by atoms with Crippen LogP contribution >= 0.6 is 24.2 Å². The summed E-state index contributed by atoms with van der Waals surface area (Å²) in [5, 5.41) is 13.4. The smallest absolute Gasteiger partial charge is 0.289 e. The van der Waals surface area contributed by atoms with Crippen LogP contribution in [0.15, 0.2) is 29.2 Å². The fourth-order valence-electron chi connectivity index (χ4n) is 1.79. The van der Waals surface area contributed by atoms with Crippen LogP contribution in [0.3, 0.4) is 0 Å². The first-order chi connectivity index (χ1) is 11.3. The van der Waals surface area contributed by atoms with Crippen LogP contribution in [0.5, 0.6) is 0 Å². The lowest BCUT2D eigenvalue weighted by molar-refractivity contribution is -0.387. The summed E-state index contributed by atoms with van der Waals surface area (Å²) < 4.78 is 26.5. The number of nitrogens with one attached hydrogen (secondary N) is 2. The minimum Gasteiger partial charge on any atom is -0.353 e. The van der Waals surface area contributed by atoms with Crippen molar-refractivity contribution < 1.29 is 18.1 Å². The van der Waals surface area contributed by atoms with Crippen molar-refractivity contribution in [2.75, 3.05) is 25.1 Å². The van der Waals surface area contributed by atoms with Crippen molar-refractivity contribution in [3.05, 3.63) is 34.4 Å². The zero-order chi connectivity index (χ0) is 18.2. The third-order valence-corrected chi connectivity index (χ3v) is 5.19. The van der Waals surface area contributed by atoms with Crippen LogP contribution in [0, 0.1) is 10.1 Å². The molecule has 142 valence electrons. The number of benzene rings is 1. The SMILES string of the molecule is CSCC[C@H](N)C(=O)NCCNS(=O)(=O)c1ccccc1[N+](=O)[O-].Cl. The molecule has 1 aromatic rings. The quantitative estimate of drug-likeness (QED) is 0.288. The van der Waals surface area contributed by atoms with Crippen molar-refractivity contribution in [1.82, 2.24) is 10.0 Å². The Balaban J connectivity index is 0.00000576. The average Bonchev–Trinajstić information content (AvgIpc) is 2.56. The van der Waals surface area contributed by atoms with Gasteiger partial charge in [0.05, 0.1) is 11.0 Å². The molecule has 0 radical (unpaired) electrons. The second-order valence-corrected chi connectivity index (χ2v) is 7.52. The van der Waals surface area contributed by atoms with Gasteiger partial charge in [-0.25, -0.2) is 13.1 Å². The summed E-state index contributed by atoms with van der Waals surface area (Å²) in [7, 11) is -4.05. The highest BCUT2D eigenvalue weighted by Crippen LogP contribution is 2.22. The molecule has 0 saturated carbocycles. The molecule has 0 fully saturated rings. The highest BCUT2D eigenvalue weighted by molar-refractivity contribution is 7.98. The van der Waals surface area contributed by atoms with Gasteiger partial charge in [-0.2, -0.15) is 11.8 Å². The van der Waals surface area contributed by atoms with E-state index in [1.807, 2.05) is 6.26 Å². The highest BCUT2D eigenvalue weighted by atomic mass is 35.5. The number of rotatable bonds is 10. The second-order valence-electron chi connectivity index (χ2n) is 4.80. The molecule has 9 nitrogen and oxygen atoms in total. The number of carbonyl (C=O) groups excluding carboxylic acids is 1. The number of hydrogen-bond acceptors (Lipinski definition) is 7. The number of carbonyl (C=O) groups is 1. The van der Waals surface area contributed by atoms with Crippen LogP contribution in [0.25, 0.3) is 0 Å². The number of nitrogens with two attached hydrogens (primary N) is 1. The van der Waals surface area contributed by atoms with Crippen LogP contribution in [0.1, 0.15) is 6.42 Å². The molecule has 0 aliphatic heterocycles. The van der Waals surface area contributed by atoms with E-state index < -0.39 is 31.6 Å². The van der Waals surface area contributed by atoms with Gasteiger partial charge in [0.25, 0.3) is 5.69 Å². The molecule has 0 unspecified atom stereocenters. The van der Waals surface area contributed by atoms with Gasteiger partial charge in [-0.05, 0) is 24.5 Å². The molecule has 12 heteroatoms. The molecule has 0 saturated heterocycles. The molecule has 0 spiro atoms. The lowest BCUT2D eigenvalue weighted by Crippen LogP contribution is -2.43. The van der Waals surface area contributed by atoms with Gasteiger partial charge in [0.1, 0.15) is 0 Å². The van der Waals surface area contributed by atoms with E-state index in [-0.39, 0.29) is 31.4 Å². The van der Waals surface area contributed by atoms with E-state index in [0.29, 0.717) is 6.42 Å². The maximum Gasteiger partial charge on any atom is 0.289 e. The van der Waals surface area contributed by atoms with Crippen molar-refractivity contribution in [1.29, 1.82) is 0 Å². The summed E-state index contributed by atoms with van der Waals surface area (Å²) in [5.74, 6) is 0.382. The number of nitro benzene ring substituents is 1. The van der Waals surface area contributed by atoms with Gasteiger partial charge >= 0.3 is 0 Å². The first-order valence-electron chi connectivity index (χ1n) is 7.05. The van der Waals surface area contributed by atoms with Crippen LogP contribution in [-0.2, 0) is 14.8 Å². The maximum atomic E-state index is 12.1. The van der Waals surface area contributed by atoms with Crippen LogP contribution < -0.4 is 15.8 Å². The normalized spacial score (nSPS) is 12.1. The summed E-state index contributed by atoms with van der Waals surface area (Å²) in [6.45, 7) is -0.0684. The first-order valence-corrected chi connectivity index (χ1v) is 9.92. The fourth-order valence-corrected chi connectivity index (χ4v) is 3.48. The summed E-state index contributed by atoms with van der Waals surface area (Å²) in [6, 6.07) is 4.39. The summed E-state index contributed by atoms with van der Waals surface area (Å²) in [5.41, 5.74) is 5.17. The van der Waals surface area contributed by atoms with Crippen LogP contribution in [-0.4, -0.2) is 50.4 Å². The number of sulfonamides is 1. The Hall–Kier alpha value is -1.40. The Morgan fingerprint density at radius 1 is 1.36 bits per heavy atom. The highest BCUT2D eigenvalue weighted by Gasteiger charge is 2.24. The third kappa shape index (κ3) is 7.57. The van der Waals surface area contributed by atoms with Gasteiger partial charge in [-0.15, -0.1) is 12.4 Å². The number of thioether (sulfide) groups is 1. The number of hydrogen-bond donors (Lipinski definition) is 3. The Kier molecular flexibility index (Phi) is 10.6. The Morgan fingerprint density at radius 2 is 2.00 bits per heavy atom. The van der Waals surface area contributed by atoms with Gasteiger partial charge in [0.15, 0.2) is 4.90 Å². The zero-order valence-electron chi connectivity index (χ0n) is 13.5. The molecule has 25 heavy (non-hydrogen) atoms. The molecule has 1 aromatic carbocycles. The minimum absolute atomic E-state index is 0. The summed E-state index contributed by atoms with van der Waals surface area (Å²) >= 11 is 1.57. The molecule has 0 aliphatic rings. The molecule has 1 amide bonds. The molecule has 1 atom stereocenters. The van der Waals surface area contributed by atoms with E-state index in [2.05, 4.69) is 10.0 Å². The van der Waals surface area contributed by atoms with Crippen molar-refractivity contribution in [3.63, 3.8) is 0 Å². The van der Waals surface area contributed by atoms with Crippen molar-refractivity contribution in [2.45, 2.75) is 17.4 Å². The average molecular weight is 413 g/mol. The standard InChI is InChI=1S/C13H20N4O5S2.ClH/c1-23-9-6-10(14)13(18)15-7-8-16-24(21,22)12-5-3-2-4-11(12)17(19)20;/h2-5,10,16H,6-9,14H2,1H3,(H,15,18);1H/t10-;/m0./s1. The van der Waals surface area contributed by atoms with Crippen LogP contribution in [0.2, 0.25) is 0 Å². The molecule has 4 N–H and O–H groups in total. The number of amides is 1. The van der Waals surface area contributed by atoms with E-state index >= 15 is 0 Å². The molecule has 0 heterocycles. The predicted octanol–water partition coefficient (Wildman–Crippen LogP) is 0.492. The minimum atomic E-state index is -4.05. The van der Waals surface area contributed by atoms with Crippen molar-refractivity contribution >= 4 is 45.8 Å². The second kappa shape index (κ2) is 11.3. The van der Waals surface area contributed by atoms with Crippen molar-refractivity contribution in [2.24, 2.45) is 5.73 Å². The van der Waals surface area contributed by atoms with Crippen molar-refractivity contribution in [3.8, 4) is 0 Å². The monoisotopic (exact) mass is 412 g/mol. The predicted molar refractivity (Wildman–Crippen MR) is 99.5 cm³/mol. The Bertz CT molecular complexity index is 687. The van der Waals surface area contributed by atoms with Crippen LogP contribution in [0.4, 0.5) is 5.69 Å². The largest absolute Gasteiger partial charge is 0.353 e. The van der Waals surface area contributed by atoms with E-state index in [0.717, 1.165) is 17.9 Å². The molecule has 1 rings (SSSR count). The molecular formula is C13H21ClN4O5S2. The molecule has 0 bridgehead atoms. The molecule has 0 aromatic heterocycles.